The van der Waals surface area contributed by atoms with Gasteiger partial charge in [-0.2, -0.15) is 0 Å². The Bertz CT molecular complexity index is 1030. The molecule has 182 valence electrons. The second-order valence-corrected chi connectivity index (χ2v) is 9.86. The molecule has 4 N–H and O–H groups in total. The van der Waals surface area contributed by atoms with Gasteiger partial charge in [0.25, 0.3) is 5.91 Å². The monoisotopic (exact) mass is 464 g/mol. The molecule has 2 aliphatic heterocycles. The number of fused-ring (bicyclic) bond motifs is 1. The standard InChI is InChI=1S/C26H36N6O2/c1-18-9-8-14-26(2,31-18)13-6-3-7-16-32-20-10-4-5-11-21(20)34-22(25(32)33)17-19-12-15-29-24(30-19)23(27)28/h4-5,10-12,15,18,22,31H,3,6-9,13-14,16-17H2,1-2H3,(H3,27,28)/t18-,22?,26+/m0/s1. The molecule has 0 spiro atoms. The third kappa shape index (κ3) is 5.73. The largest absolute Gasteiger partial charge is 0.478 e. The van der Waals surface area contributed by atoms with Crippen LogP contribution < -0.4 is 20.7 Å². The number of amides is 1. The van der Waals surface area contributed by atoms with Crippen LogP contribution in [0, 0.1) is 5.41 Å². The lowest BCUT2D eigenvalue weighted by Crippen LogP contribution is -2.50. The summed E-state index contributed by atoms with van der Waals surface area (Å²) in [5.74, 6) is 0.613. The molecule has 4 rings (SSSR count). The highest BCUT2D eigenvalue weighted by atomic mass is 16.5. The number of para-hydroxylation sites is 2. The molecule has 0 aliphatic carbocycles. The Balaban J connectivity index is 1.37. The van der Waals surface area contributed by atoms with Crippen LogP contribution >= 0.6 is 0 Å². The van der Waals surface area contributed by atoms with Gasteiger partial charge >= 0.3 is 0 Å². The van der Waals surface area contributed by atoms with E-state index in [4.69, 9.17) is 15.9 Å². The quantitative estimate of drug-likeness (QED) is 0.297. The van der Waals surface area contributed by atoms with Crippen molar-refractivity contribution >= 4 is 17.4 Å². The van der Waals surface area contributed by atoms with Crippen molar-refractivity contribution in [3.63, 3.8) is 0 Å². The lowest BCUT2D eigenvalue weighted by Gasteiger charge is -2.39. The number of rotatable bonds is 9. The van der Waals surface area contributed by atoms with E-state index in [2.05, 4.69) is 29.1 Å². The highest BCUT2D eigenvalue weighted by Gasteiger charge is 2.34. The highest BCUT2D eigenvalue weighted by Crippen LogP contribution is 2.35. The van der Waals surface area contributed by atoms with Crippen LogP contribution in [0.1, 0.15) is 70.3 Å². The van der Waals surface area contributed by atoms with E-state index in [1.54, 1.807) is 12.3 Å². The van der Waals surface area contributed by atoms with Crippen LogP contribution in [0.5, 0.6) is 5.75 Å². The molecule has 1 unspecified atom stereocenters. The molecule has 1 aromatic heterocycles. The number of hydrogen-bond acceptors (Lipinski definition) is 6. The number of nitrogen functional groups attached to an aromatic ring is 1. The number of nitrogens with zero attached hydrogens (tertiary/aromatic N) is 3. The molecule has 8 heteroatoms. The molecule has 0 radical (unpaired) electrons. The van der Waals surface area contributed by atoms with Gasteiger partial charge < -0.3 is 20.7 Å². The van der Waals surface area contributed by atoms with Gasteiger partial charge in [0.15, 0.2) is 17.8 Å². The van der Waals surface area contributed by atoms with Gasteiger partial charge in [-0.05, 0) is 57.7 Å². The van der Waals surface area contributed by atoms with E-state index in [9.17, 15) is 4.79 Å². The minimum atomic E-state index is -0.670. The van der Waals surface area contributed by atoms with Crippen molar-refractivity contribution in [2.45, 2.75) is 82.9 Å². The van der Waals surface area contributed by atoms with Crippen molar-refractivity contribution in [2.24, 2.45) is 5.73 Å². The number of anilines is 1. The summed E-state index contributed by atoms with van der Waals surface area (Å²) >= 11 is 0. The predicted octanol–water partition coefficient (Wildman–Crippen LogP) is 3.58. The van der Waals surface area contributed by atoms with Crippen LogP contribution in [0.3, 0.4) is 0 Å². The maximum Gasteiger partial charge on any atom is 0.268 e. The molecule has 34 heavy (non-hydrogen) atoms. The summed E-state index contributed by atoms with van der Waals surface area (Å²) in [5.41, 5.74) is 7.20. The minimum absolute atomic E-state index is 0.0589. The number of carbonyl (C=O) groups is 1. The van der Waals surface area contributed by atoms with Crippen molar-refractivity contribution in [1.82, 2.24) is 15.3 Å². The van der Waals surface area contributed by atoms with Gasteiger partial charge in [0, 0.05) is 36.4 Å². The summed E-state index contributed by atoms with van der Waals surface area (Å²) in [7, 11) is 0. The molecule has 1 amide bonds. The number of nitrogens with one attached hydrogen (secondary N) is 2. The smallest absolute Gasteiger partial charge is 0.268 e. The summed E-state index contributed by atoms with van der Waals surface area (Å²) < 4.78 is 6.06. The fraction of sp³-hybridized carbons (Fsp3) is 0.538. The third-order valence-electron chi connectivity index (χ3n) is 6.89. The summed E-state index contributed by atoms with van der Waals surface area (Å²) in [4.78, 5) is 23.6. The van der Waals surface area contributed by atoms with Gasteiger partial charge in [-0.3, -0.25) is 10.2 Å². The number of hydrogen-bond donors (Lipinski definition) is 3. The van der Waals surface area contributed by atoms with Crippen LogP contribution in [0.15, 0.2) is 36.5 Å². The summed E-state index contributed by atoms with van der Waals surface area (Å²) in [6, 6.07) is 10.0. The van der Waals surface area contributed by atoms with E-state index in [0.717, 1.165) is 24.9 Å². The average molecular weight is 465 g/mol. The first-order valence-corrected chi connectivity index (χ1v) is 12.4. The molecule has 3 heterocycles. The Morgan fingerprint density at radius 3 is 2.91 bits per heavy atom. The van der Waals surface area contributed by atoms with E-state index in [1.165, 1.54) is 25.7 Å². The molecule has 1 saturated heterocycles. The van der Waals surface area contributed by atoms with Crippen molar-refractivity contribution in [3.05, 3.63) is 48.0 Å². The Hall–Kier alpha value is -3.00. The predicted molar refractivity (Wildman–Crippen MR) is 133 cm³/mol. The molecule has 0 saturated carbocycles. The lowest BCUT2D eigenvalue weighted by atomic mass is 9.84. The average Bonchev–Trinajstić information content (AvgIpc) is 2.81. The first-order valence-electron chi connectivity index (χ1n) is 12.4. The zero-order valence-corrected chi connectivity index (χ0v) is 20.2. The third-order valence-corrected chi connectivity index (χ3v) is 6.89. The van der Waals surface area contributed by atoms with Crippen LogP contribution in [0.2, 0.25) is 0 Å². The van der Waals surface area contributed by atoms with Crippen LogP contribution in [0.25, 0.3) is 0 Å². The number of piperidine rings is 1. The van der Waals surface area contributed by atoms with Gasteiger partial charge in [0.2, 0.25) is 0 Å². The zero-order chi connectivity index (χ0) is 24.1. The zero-order valence-electron chi connectivity index (χ0n) is 20.2. The van der Waals surface area contributed by atoms with E-state index >= 15 is 0 Å². The molecule has 3 atom stereocenters. The second kappa shape index (κ2) is 10.5. The number of benzene rings is 1. The fourth-order valence-electron chi connectivity index (χ4n) is 5.16. The van der Waals surface area contributed by atoms with Gasteiger partial charge in [0.05, 0.1) is 5.69 Å². The second-order valence-electron chi connectivity index (χ2n) is 9.86. The molecule has 2 aromatic rings. The van der Waals surface area contributed by atoms with Crippen LogP contribution in [0.4, 0.5) is 5.69 Å². The molecule has 2 aliphatic rings. The maximum atomic E-state index is 13.4. The van der Waals surface area contributed by atoms with Crippen molar-refractivity contribution < 1.29 is 9.53 Å². The SMILES string of the molecule is C[C@H]1CCC[C@@](C)(CCCCCN2C(=O)C(Cc3ccnc(C(=N)N)n3)Oc3ccccc32)N1. The number of aromatic nitrogens is 2. The van der Waals surface area contributed by atoms with Gasteiger partial charge in [-0.25, -0.2) is 9.97 Å². The molecule has 0 bridgehead atoms. The topological polar surface area (TPSA) is 117 Å². The first kappa shape index (κ1) is 24.1. The summed E-state index contributed by atoms with van der Waals surface area (Å²) in [6.07, 6.45) is 9.33. The maximum absolute atomic E-state index is 13.4. The van der Waals surface area contributed by atoms with Gasteiger partial charge in [-0.15, -0.1) is 0 Å². The van der Waals surface area contributed by atoms with Gasteiger partial charge in [0.1, 0.15) is 5.75 Å². The number of carbonyl (C=O) groups excluding carboxylic acids is 1. The first-order chi connectivity index (χ1) is 16.3. The van der Waals surface area contributed by atoms with E-state index < -0.39 is 6.10 Å². The molecule has 1 aromatic carbocycles. The molecule has 8 nitrogen and oxygen atoms in total. The summed E-state index contributed by atoms with van der Waals surface area (Å²) in [6.45, 7) is 5.29. The summed E-state index contributed by atoms with van der Waals surface area (Å²) in [5, 5.41) is 11.3. The Morgan fingerprint density at radius 2 is 2.12 bits per heavy atom. The fourth-order valence-corrected chi connectivity index (χ4v) is 5.16. The number of ether oxygens (including phenoxy) is 1. The lowest BCUT2D eigenvalue weighted by molar-refractivity contribution is -0.126. The number of amidine groups is 1. The highest BCUT2D eigenvalue weighted by molar-refractivity contribution is 6.00. The Morgan fingerprint density at radius 1 is 1.29 bits per heavy atom. The number of nitrogens with two attached hydrogens (primary N) is 1. The van der Waals surface area contributed by atoms with E-state index in [1.807, 2.05) is 29.2 Å². The molecular formula is C26H36N6O2. The van der Waals surface area contributed by atoms with Crippen molar-refractivity contribution in [3.8, 4) is 5.75 Å². The minimum Gasteiger partial charge on any atom is -0.478 e. The van der Waals surface area contributed by atoms with Crippen molar-refractivity contribution in [1.29, 1.82) is 5.41 Å². The number of unbranched alkanes of at least 4 members (excludes halogenated alkanes) is 2. The Kier molecular flexibility index (Phi) is 7.46. The van der Waals surface area contributed by atoms with E-state index in [0.29, 0.717) is 30.5 Å². The molecular weight excluding hydrogens is 428 g/mol. The Labute approximate surface area is 201 Å². The van der Waals surface area contributed by atoms with Gasteiger partial charge in [-0.1, -0.05) is 31.4 Å². The molecule has 1 fully saturated rings. The normalized spacial score (nSPS) is 24.4. The van der Waals surface area contributed by atoms with Crippen molar-refractivity contribution in [2.75, 3.05) is 11.4 Å². The van der Waals surface area contributed by atoms with Crippen LogP contribution in [-0.2, 0) is 11.2 Å². The van der Waals surface area contributed by atoms with Crippen LogP contribution in [-0.4, -0.2) is 45.9 Å². The van der Waals surface area contributed by atoms with E-state index in [-0.39, 0.29) is 23.1 Å².